The maximum absolute atomic E-state index is 11.7. The Morgan fingerprint density at radius 2 is 2.47 bits per heavy atom. The second kappa shape index (κ2) is 5.09. The molecular weight excluding hydrogens is 278 g/mol. The minimum atomic E-state index is 0.00111. The smallest absolute Gasteiger partial charge is 0.261 e. The second-order valence-electron chi connectivity index (χ2n) is 3.49. The predicted molar refractivity (Wildman–Crippen MR) is 63.3 cm³/mol. The molecule has 2 heterocycles. The van der Waals surface area contributed by atoms with Gasteiger partial charge in [0.25, 0.3) is 5.91 Å². The van der Waals surface area contributed by atoms with Crippen LogP contribution in [0, 0.1) is 0 Å². The molecule has 0 saturated carbocycles. The summed E-state index contributed by atoms with van der Waals surface area (Å²) in [5.41, 5.74) is 0. The average Bonchev–Trinajstić information content (AvgIpc) is 2.66. The Labute approximate surface area is 101 Å². The quantitative estimate of drug-likeness (QED) is 0.908. The molecule has 1 aliphatic heterocycles. The van der Waals surface area contributed by atoms with Crippen molar-refractivity contribution in [3.05, 3.63) is 20.8 Å². The molecule has 2 rings (SSSR count). The predicted octanol–water partition coefficient (Wildman–Crippen LogP) is 2.42. The number of hydrogen-bond acceptors (Lipinski definition) is 3. The summed E-state index contributed by atoms with van der Waals surface area (Å²) in [5.74, 6) is 0.00111. The van der Waals surface area contributed by atoms with Crippen LogP contribution in [-0.4, -0.2) is 25.2 Å². The Balaban J connectivity index is 1.91. The van der Waals surface area contributed by atoms with Crippen LogP contribution in [-0.2, 0) is 4.74 Å². The molecule has 0 aliphatic carbocycles. The van der Waals surface area contributed by atoms with Crippen molar-refractivity contribution < 1.29 is 9.53 Å². The van der Waals surface area contributed by atoms with Gasteiger partial charge >= 0.3 is 0 Å². The number of carbonyl (C=O) groups excluding carboxylic acids is 1. The Morgan fingerprint density at radius 1 is 1.60 bits per heavy atom. The number of halogens is 1. The number of hydrogen-bond donors (Lipinski definition) is 1. The molecule has 0 bridgehead atoms. The van der Waals surface area contributed by atoms with Gasteiger partial charge in [-0.25, -0.2) is 0 Å². The lowest BCUT2D eigenvalue weighted by molar-refractivity contribution is 0.0626. The van der Waals surface area contributed by atoms with Gasteiger partial charge in [-0.05, 0) is 40.9 Å². The molecule has 3 nitrogen and oxygen atoms in total. The van der Waals surface area contributed by atoms with Crippen molar-refractivity contribution in [2.45, 2.75) is 18.9 Å². The number of amides is 1. The Hall–Kier alpha value is -0.390. The van der Waals surface area contributed by atoms with Crippen molar-refractivity contribution in [2.75, 3.05) is 13.2 Å². The number of nitrogens with one attached hydrogen (secondary N) is 1. The summed E-state index contributed by atoms with van der Waals surface area (Å²) in [6.45, 7) is 1.45. The monoisotopic (exact) mass is 289 g/mol. The van der Waals surface area contributed by atoms with Crippen LogP contribution in [0.5, 0.6) is 0 Å². The van der Waals surface area contributed by atoms with Crippen LogP contribution < -0.4 is 5.32 Å². The molecule has 1 unspecified atom stereocenters. The molecule has 5 heteroatoms. The van der Waals surface area contributed by atoms with E-state index in [1.807, 2.05) is 12.1 Å². The van der Waals surface area contributed by atoms with Crippen molar-refractivity contribution in [3.63, 3.8) is 0 Å². The summed E-state index contributed by atoms with van der Waals surface area (Å²) >= 11 is 4.79. The van der Waals surface area contributed by atoms with E-state index in [0.717, 1.165) is 28.1 Å². The number of rotatable bonds is 2. The van der Waals surface area contributed by atoms with Crippen molar-refractivity contribution in [1.82, 2.24) is 5.32 Å². The molecule has 0 radical (unpaired) electrons. The van der Waals surface area contributed by atoms with Crippen molar-refractivity contribution in [1.29, 1.82) is 0 Å². The Morgan fingerprint density at radius 3 is 3.07 bits per heavy atom. The molecule has 82 valence electrons. The first-order valence-electron chi connectivity index (χ1n) is 4.89. The van der Waals surface area contributed by atoms with Gasteiger partial charge < -0.3 is 10.1 Å². The summed E-state index contributed by atoms with van der Waals surface area (Å²) in [4.78, 5) is 12.5. The van der Waals surface area contributed by atoms with Gasteiger partial charge in [0.2, 0.25) is 0 Å². The number of thiophene rings is 1. The van der Waals surface area contributed by atoms with Crippen molar-refractivity contribution in [3.8, 4) is 0 Å². The van der Waals surface area contributed by atoms with E-state index in [9.17, 15) is 4.79 Å². The fraction of sp³-hybridized carbons (Fsp3) is 0.500. The molecule has 15 heavy (non-hydrogen) atoms. The van der Waals surface area contributed by atoms with Crippen LogP contribution in [0.15, 0.2) is 15.9 Å². The standard InChI is InChI=1S/C10H12BrNO2S/c11-9-4-3-8(15-9)10(13)12-7-2-1-5-14-6-7/h3-4,7H,1-2,5-6H2,(H,12,13). The molecule has 1 N–H and O–H groups in total. The van der Waals surface area contributed by atoms with Crippen LogP contribution >= 0.6 is 27.3 Å². The Bertz CT molecular complexity index is 347. The molecule has 1 atom stereocenters. The minimum absolute atomic E-state index is 0.00111. The highest BCUT2D eigenvalue weighted by Gasteiger charge is 2.17. The SMILES string of the molecule is O=C(NC1CCCOC1)c1ccc(Br)s1. The summed E-state index contributed by atoms with van der Waals surface area (Å²) in [7, 11) is 0. The third-order valence-electron chi connectivity index (χ3n) is 2.29. The van der Waals surface area contributed by atoms with Gasteiger partial charge in [-0.3, -0.25) is 4.79 Å². The third kappa shape index (κ3) is 3.03. The third-order valence-corrected chi connectivity index (χ3v) is 3.91. The van der Waals surface area contributed by atoms with Crippen molar-refractivity contribution in [2.24, 2.45) is 0 Å². The summed E-state index contributed by atoms with van der Waals surface area (Å²) < 4.78 is 6.28. The lowest BCUT2D eigenvalue weighted by atomic mass is 10.1. The largest absolute Gasteiger partial charge is 0.379 e. The van der Waals surface area contributed by atoms with E-state index in [-0.39, 0.29) is 11.9 Å². The lowest BCUT2D eigenvalue weighted by Gasteiger charge is -2.22. The normalized spacial score (nSPS) is 21.3. The molecule has 1 fully saturated rings. The van der Waals surface area contributed by atoms with Gasteiger partial charge in [-0.1, -0.05) is 0 Å². The fourth-order valence-corrected chi connectivity index (χ4v) is 2.84. The van der Waals surface area contributed by atoms with Crippen LogP contribution in [0.4, 0.5) is 0 Å². The van der Waals surface area contributed by atoms with E-state index >= 15 is 0 Å². The summed E-state index contributed by atoms with van der Waals surface area (Å²) in [5, 5.41) is 2.97. The highest BCUT2D eigenvalue weighted by molar-refractivity contribution is 9.11. The zero-order chi connectivity index (χ0) is 10.7. The molecular formula is C10H12BrNO2S. The molecule has 0 aromatic carbocycles. The second-order valence-corrected chi connectivity index (χ2v) is 5.95. The Kier molecular flexibility index (Phi) is 3.77. The fourth-order valence-electron chi connectivity index (χ4n) is 1.55. The highest BCUT2D eigenvalue weighted by atomic mass is 79.9. The van der Waals surface area contributed by atoms with E-state index in [0.29, 0.717) is 6.61 Å². The molecule has 0 spiro atoms. The van der Waals surface area contributed by atoms with Crippen LogP contribution in [0.3, 0.4) is 0 Å². The topological polar surface area (TPSA) is 38.3 Å². The van der Waals surface area contributed by atoms with Gasteiger partial charge in [0.05, 0.1) is 21.3 Å². The molecule has 1 saturated heterocycles. The van der Waals surface area contributed by atoms with E-state index < -0.39 is 0 Å². The molecule has 1 aliphatic rings. The summed E-state index contributed by atoms with van der Waals surface area (Å²) in [6.07, 6.45) is 2.04. The zero-order valence-corrected chi connectivity index (χ0v) is 10.6. The van der Waals surface area contributed by atoms with Gasteiger partial charge in [0, 0.05) is 6.61 Å². The van der Waals surface area contributed by atoms with E-state index in [1.54, 1.807) is 0 Å². The van der Waals surface area contributed by atoms with E-state index in [1.165, 1.54) is 11.3 Å². The zero-order valence-electron chi connectivity index (χ0n) is 8.16. The maximum Gasteiger partial charge on any atom is 0.261 e. The van der Waals surface area contributed by atoms with Crippen LogP contribution in [0.2, 0.25) is 0 Å². The highest BCUT2D eigenvalue weighted by Crippen LogP contribution is 2.22. The first-order valence-corrected chi connectivity index (χ1v) is 6.50. The molecule has 1 amide bonds. The molecule has 1 aromatic rings. The summed E-state index contributed by atoms with van der Waals surface area (Å²) in [6, 6.07) is 3.89. The first kappa shape index (κ1) is 11.1. The van der Waals surface area contributed by atoms with Gasteiger partial charge in [0.1, 0.15) is 0 Å². The van der Waals surface area contributed by atoms with Crippen molar-refractivity contribution >= 4 is 33.2 Å². The van der Waals surface area contributed by atoms with Gasteiger partial charge in [-0.2, -0.15) is 0 Å². The van der Waals surface area contributed by atoms with E-state index in [4.69, 9.17) is 4.74 Å². The maximum atomic E-state index is 11.7. The van der Waals surface area contributed by atoms with Crippen LogP contribution in [0.1, 0.15) is 22.5 Å². The van der Waals surface area contributed by atoms with E-state index in [2.05, 4.69) is 21.2 Å². The van der Waals surface area contributed by atoms with Crippen LogP contribution in [0.25, 0.3) is 0 Å². The lowest BCUT2D eigenvalue weighted by Crippen LogP contribution is -2.40. The number of carbonyl (C=O) groups is 1. The van der Waals surface area contributed by atoms with Gasteiger partial charge in [0.15, 0.2) is 0 Å². The molecule has 1 aromatic heterocycles. The van der Waals surface area contributed by atoms with Gasteiger partial charge in [-0.15, -0.1) is 11.3 Å². The first-order chi connectivity index (χ1) is 7.25. The number of ether oxygens (including phenoxy) is 1. The average molecular weight is 290 g/mol. The minimum Gasteiger partial charge on any atom is -0.379 e.